The fourth-order valence-electron chi connectivity index (χ4n) is 2.95. The molecule has 2 nitrogen and oxygen atoms in total. The second-order valence-electron chi connectivity index (χ2n) is 5.83. The van der Waals surface area contributed by atoms with Crippen LogP contribution < -0.4 is 4.90 Å². The van der Waals surface area contributed by atoms with E-state index < -0.39 is 0 Å². The zero-order valence-electron chi connectivity index (χ0n) is 12.3. The molecule has 1 aliphatic heterocycles. The van der Waals surface area contributed by atoms with Crippen molar-refractivity contribution in [3.05, 3.63) is 48.3 Å². The molecule has 2 aromatic rings. The Morgan fingerprint density at radius 3 is 2.35 bits per heavy atom. The zero-order valence-corrected chi connectivity index (χ0v) is 12.3. The van der Waals surface area contributed by atoms with E-state index in [2.05, 4.69) is 54.1 Å². The van der Waals surface area contributed by atoms with Crippen LogP contribution in [0.3, 0.4) is 0 Å². The lowest BCUT2D eigenvalue weighted by Crippen LogP contribution is -2.17. The fourth-order valence-corrected chi connectivity index (χ4v) is 2.95. The van der Waals surface area contributed by atoms with Crippen LogP contribution in [0.4, 0.5) is 5.69 Å². The van der Waals surface area contributed by atoms with Crippen LogP contribution >= 0.6 is 0 Å². The van der Waals surface area contributed by atoms with E-state index in [-0.39, 0.29) is 0 Å². The fraction of sp³-hybridized carbons (Fsp3) is 0.389. The van der Waals surface area contributed by atoms with Crippen LogP contribution in [0.5, 0.6) is 0 Å². The van der Waals surface area contributed by atoms with Gasteiger partial charge in [-0.15, -0.1) is 0 Å². The van der Waals surface area contributed by atoms with Crippen LogP contribution in [0.2, 0.25) is 0 Å². The quantitative estimate of drug-likeness (QED) is 0.814. The number of hydrogen-bond donors (Lipinski definition) is 0. The molecule has 0 spiro atoms. The normalized spacial score (nSPS) is 15.1. The van der Waals surface area contributed by atoms with Gasteiger partial charge in [0.1, 0.15) is 0 Å². The average molecular weight is 266 g/mol. The second kappa shape index (κ2) is 5.66. The highest BCUT2D eigenvalue weighted by atomic mass is 15.1. The Bertz CT molecular complexity index is 566. The first-order chi connectivity index (χ1) is 9.75. The lowest BCUT2D eigenvalue weighted by molar-refractivity contribution is 0.826. The molecule has 0 amide bonds. The summed E-state index contributed by atoms with van der Waals surface area (Å²) in [7, 11) is 0. The maximum absolute atomic E-state index is 4.54. The molecule has 2 heteroatoms. The maximum atomic E-state index is 4.54. The monoisotopic (exact) mass is 266 g/mol. The van der Waals surface area contributed by atoms with Crippen LogP contribution in [0.15, 0.2) is 42.6 Å². The highest BCUT2D eigenvalue weighted by Crippen LogP contribution is 2.29. The molecule has 1 fully saturated rings. The van der Waals surface area contributed by atoms with Crippen molar-refractivity contribution < 1.29 is 0 Å². The Kier molecular flexibility index (Phi) is 3.72. The molecule has 2 heterocycles. The van der Waals surface area contributed by atoms with Crippen molar-refractivity contribution in [2.24, 2.45) is 0 Å². The first kappa shape index (κ1) is 13.2. The van der Waals surface area contributed by atoms with Crippen LogP contribution in [0.25, 0.3) is 11.1 Å². The van der Waals surface area contributed by atoms with Gasteiger partial charge in [-0.2, -0.15) is 0 Å². The van der Waals surface area contributed by atoms with Crippen molar-refractivity contribution in [3.8, 4) is 11.1 Å². The van der Waals surface area contributed by atoms with Crippen LogP contribution in [-0.2, 0) is 0 Å². The molecule has 0 bridgehead atoms. The lowest BCUT2D eigenvalue weighted by atomic mass is 9.97. The first-order valence-electron chi connectivity index (χ1n) is 7.56. The first-order valence-corrected chi connectivity index (χ1v) is 7.56. The molecular formula is C18H22N2. The van der Waals surface area contributed by atoms with Gasteiger partial charge in [-0.1, -0.05) is 32.0 Å². The summed E-state index contributed by atoms with van der Waals surface area (Å²) in [6.07, 6.45) is 4.53. The van der Waals surface area contributed by atoms with Crippen molar-refractivity contribution in [1.29, 1.82) is 0 Å². The van der Waals surface area contributed by atoms with Crippen molar-refractivity contribution in [1.82, 2.24) is 4.98 Å². The highest BCUT2D eigenvalue weighted by Gasteiger charge is 2.13. The van der Waals surface area contributed by atoms with E-state index in [1.54, 1.807) is 0 Å². The van der Waals surface area contributed by atoms with E-state index in [1.807, 2.05) is 12.3 Å². The Balaban J connectivity index is 1.91. The van der Waals surface area contributed by atoms with Gasteiger partial charge in [0.15, 0.2) is 0 Å². The number of nitrogens with zero attached hydrogens (tertiary/aromatic N) is 2. The number of anilines is 1. The molecule has 1 saturated heterocycles. The molecule has 0 N–H and O–H groups in total. The molecule has 0 unspecified atom stereocenters. The summed E-state index contributed by atoms with van der Waals surface area (Å²) in [5.74, 6) is 0.449. The molecule has 0 atom stereocenters. The van der Waals surface area contributed by atoms with E-state index in [0.29, 0.717) is 5.92 Å². The SMILES string of the molecule is CC(C)c1ncccc1-c1ccc(N2CCCC2)cc1. The largest absolute Gasteiger partial charge is 0.372 e. The predicted molar refractivity (Wildman–Crippen MR) is 85.2 cm³/mol. The molecular weight excluding hydrogens is 244 g/mol. The summed E-state index contributed by atoms with van der Waals surface area (Å²) in [4.78, 5) is 7.01. The summed E-state index contributed by atoms with van der Waals surface area (Å²) in [5, 5.41) is 0. The molecule has 0 radical (unpaired) electrons. The van der Waals surface area contributed by atoms with Gasteiger partial charge in [0.25, 0.3) is 0 Å². The van der Waals surface area contributed by atoms with Crippen molar-refractivity contribution in [2.45, 2.75) is 32.6 Å². The molecule has 1 aliphatic rings. The van der Waals surface area contributed by atoms with Gasteiger partial charge in [0.05, 0.1) is 5.69 Å². The number of aromatic nitrogens is 1. The minimum Gasteiger partial charge on any atom is -0.372 e. The van der Waals surface area contributed by atoms with Gasteiger partial charge in [0, 0.05) is 30.5 Å². The zero-order chi connectivity index (χ0) is 13.9. The third kappa shape index (κ3) is 2.55. The Hall–Kier alpha value is -1.83. The van der Waals surface area contributed by atoms with Gasteiger partial charge in [0.2, 0.25) is 0 Å². The Morgan fingerprint density at radius 1 is 1.00 bits per heavy atom. The van der Waals surface area contributed by atoms with Crippen LogP contribution in [-0.4, -0.2) is 18.1 Å². The minimum atomic E-state index is 0.449. The van der Waals surface area contributed by atoms with Gasteiger partial charge in [-0.3, -0.25) is 4.98 Å². The second-order valence-corrected chi connectivity index (χ2v) is 5.83. The third-order valence-electron chi connectivity index (χ3n) is 4.03. The van der Waals surface area contributed by atoms with E-state index in [9.17, 15) is 0 Å². The van der Waals surface area contributed by atoms with Crippen molar-refractivity contribution in [3.63, 3.8) is 0 Å². The third-order valence-corrected chi connectivity index (χ3v) is 4.03. The molecule has 20 heavy (non-hydrogen) atoms. The smallest absolute Gasteiger partial charge is 0.0507 e. The van der Waals surface area contributed by atoms with E-state index in [4.69, 9.17) is 0 Å². The summed E-state index contributed by atoms with van der Waals surface area (Å²) < 4.78 is 0. The standard InChI is InChI=1S/C18H22N2/c1-14(2)18-17(6-5-11-19-18)15-7-9-16(10-8-15)20-12-3-4-13-20/h5-11,14H,3-4,12-13H2,1-2H3. The van der Waals surface area contributed by atoms with Gasteiger partial charge in [-0.25, -0.2) is 0 Å². The summed E-state index contributed by atoms with van der Waals surface area (Å²) >= 11 is 0. The maximum Gasteiger partial charge on any atom is 0.0507 e. The van der Waals surface area contributed by atoms with Gasteiger partial charge >= 0.3 is 0 Å². The van der Waals surface area contributed by atoms with Crippen molar-refractivity contribution in [2.75, 3.05) is 18.0 Å². The van der Waals surface area contributed by atoms with Gasteiger partial charge < -0.3 is 4.90 Å². The predicted octanol–water partition coefficient (Wildman–Crippen LogP) is 4.47. The van der Waals surface area contributed by atoms with E-state index >= 15 is 0 Å². The summed E-state index contributed by atoms with van der Waals surface area (Å²) in [6.45, 7) is 6.79. The highest BCUT2D eigenvalue weighted by molar-refractivity contribution is 5.68. The van der Waals surface area contributed by atoms with Crippen LogP contribution in [0.1, 0.15) is 38.3 Å². The minimum absolute atomic E-state index is 0.449. The summed E-state index contributed by atoms with van der Waals surface area (Å²) in [6, 6.07) is 13.2. The van der Waals surface area contributed by atoms with E-state index in [0.717, 1.165) is 0 Å². The average Bonchev–Trinajstić information content (AvgIpc) is 3.02. The lowest BCUT2D eigenvalue weighted by Gasteiger charge is -2.18. The number of pyridine rings is 1. The van der Waals surface area contributed by atoms with Crippen molar-refractivity contribution >= 4 is 5.69 Å². The topological polar surface area (TPSA) is 16.1 Å². The molecule has 0 saturated carbocycles. The molecule has 1 aromatic carbocycles. The molecule has 104 valence electrons. The molecule has 0 aliphatic carbocycles. The molecule has 3 rings (SSSR count). The summed E-state index contributed by atoms with van der Waals surface area (Å²) in [5.41, 5.74) is 5.06. The number of rotatable bonds is 3. The van der Waals surface area contributed by atoms with E-state index in [1.165, 1.54) is 48.4 Å². The number of benzene rings is 1. The van der Waals surface area contributed by atoms with Crippen LogP contribution in [0, 0.1) is 0 Å². The van der Waals surface area contributed by atoms with Gasteiger partial charge in [-0.05, 0) is 42.5 Å². The Morgan fingerprint density at radius 2 is 1.70 bits per heavy atom. The molecule has 1 aromatic heterocycles. The number of hydrogen-bond acceptors (Lipinski definition) is 2. The Labute approximate surface area is 121 Å².